The molecule has 1 amide bonds. The van der Waals surface area contributed by atoms with E-state index in [9.17, 15) is 18.4 Å². The Kier molecular flexibility index (Phi) is 2.98. The number of carbonyl (C=O) groups excluding carboxylic acids is 2. The molecule has 0 bridgehead atoms. The number of amides is 1. The Balaban J connectivity index is 2.51. The summed E-state index contributed by atoms with van der Waals surface area (Å²) in [6.45, 7) is 5.66. The van der Waals surface area contributed by atoms with Crippen LogP contribution >= 0.6 is 0 Å². The van der Waals surface area contributed by atoms with E-state index < -0.39 is 23.3 Å². The lowest BCUT2D eigenvalue weighted by molar-refractivity contribution is -0.114. The van der Waals surface area contributed by atoms with Crippen molar-refractivity contribution in [3.63, 3.8) is 0 Å². The van der Waals surface area contributed by atoms with Gasteiger partial charge in [0, 0.05) is 12.6 Å². The number of halogens is 2. The largest absolute Gasteiger partial charge is 0.300 e. The van der Waals surface area contributed by atoms with E-state index in [4.69, 9.17) is 0 Å². The first-order chi connectivity index (χ1) is 8.45. The van der Waals surface area contributed by atoms with Gasteiger partial charge in [-0.2, -0.15) is 0 Å². The second-order valence-corrected chi connectivity index (χ2v) is 4.11. The zero-order chi connectivity index (χ0) is 13.4. The molecular formula is C13H11F2NO2. The van der Waals surface area contributed by atoms with Gasteiger partial charge in [0.25, 0.3) is 11.7 Å². The lowest BCUT2D eigenvalue weighted by Crippen LogP contribution is -2.31. The minimum Gasteiger partial charge on any atom is -0.300 e. The van der Waals surface area contributed by atoms with Gasteiger partial charge in [0.1, 0.15) is 11.6 Å². The number of carbonyl (C=O) groups is 2. The second kappa shape index (κ2) is 4.33. The first-order valence-corrected chi connectivity index (χ1v) is 5.47. The fraction of sp³-hybridized carbons (Fsp3) is 0.231. The molecule has 1 aromatic carbocycles. The highest BCUT2D eigenvalue weighted by atomic mass is 19.1. The van der Waals surface area contributed by atoms with E-state index in [-0.39, 0.29) is 17.8 Å². The number of rotatable bonds is 3. The van der Waals surface area contributed by atoms with Crippen molar-refractivity contribution in [2.24, 2.45) is 0 Å². The van der Waals surface area contributed by atoms with Crippen molar-refractivity contribution < 1.29 is 18.4 Å². The average molecular weight is 251 g/mol. The predicted octanol–water partition coefficient (Wildman–Crippen LogP) is 2.46. The molecule has 3 nitrogen and oxygen atoms in total. The molecule has 1 aromatic rings. The molecule has 0 spiro atoms. The highest BCUT2D eigenvalue weighted by molar-refractivity contribution is 6.52. The number of anilines is 1. The summed E-state index contributed by atoms with van der Waals surface area (Å²) in [6.07, 6.45) is 0.616. The average Bonchev–Trinajstić information content (AvgIpc) is 2.54. The van der Waals surface area contributed by atoms with Crippen molar-refractivity contribution in [2.75, 3.05) is 11.4 Å². The quantitative estimate of drug-likeness (QED) is 0.611. The van der Waals surface area contributed by atoms with Crippen LogP contribution in [0.15, 0.2) is 24.3 Å². The van der Waals surface area contributed by atoms with Crippen molar-refractivity contribution >= 4 is 17.4 Å². The van der Waals surface area contributed by atoms with Crippen LogP contribution in [0.5, 0.6) is 0 Å². The summed E-state index contributed by atoms with van der Waals surface area (Å²) in [5.41, 5.74) is 0.330. The molecule has 0 aromatic heterocycles. The molecule has 0 aliphatic carbocycles. The Morgan fingerprint density at radius 3 is 2.61 bits per heavy atom. The lowest BCUT2D eigenvalue weighted by Gasteiger charge is -2.17. The number of nitrogens with zero attached hydrogens (tertiary/aromatic N) is 1. The van der Waals surface area contributed by atoms with Crippen LogP contribution in [0.2, 0.25) is 0 Å². The van der Waals surface area contributed by atoms with E-state index in [2.05, 4.69) is 6.58 Å². The zero-order valence-corrected chi connectivity index (χ0v) is 9.80. The van der Waals surface area contributed by atoms with Crippen LogP contribution in [-0.4, -0.2) is 18.2 Å². The Morgan fingerprint density at radius 2 is 2.00 bits per heavy atom. The van der Waals surface area contributed by atoms with Gasteiger partial charge in [-0.3, -0.25) is 9.59 Å². The molecule has 0 N–H and O–H groups in total. The summed E-state index contributed by atoms with van der Waals surface area (Å²) in [4.78, 5) is 24.4. The van der Waals surface area contributed by atoms with Crippen LogP contribution in [0.25, 0.3) is 0 Å². The van der Waals surface area contributed by atoms with Gasteiger partial charge >= 0.3 is 0 Å². The third kappa shape index (κ3) is 1.81. The maximum atomic E-state index is 13.5. The van der Waals surface area contributed by atoms with Crippen LogP contribution < -0.4 is 4.90 Å². The molecule has 0 saturated heterocycles. The van der Waals surface area contributed by atoms with Crippen molar-refractivity contribution in [3.05, 3.63) is 41.5 Å². The van der Waals surface area contributed by atoms with Gasteiger partial charge in [0.05, 0.1) is 11.3 Å². The first kappa shape index (κ1) is 12.4. The number of ketones is 1. The van der Waals surface area contributed by atoms with Gasteiger partial charge in [0.15, 0.2) is 0 Å². The molecule has 1 aliphatic rings. The van der Waals surface area contributed by atoms with Crippen LogP contribution in [0, 0.1) is 11.6 Å². The summed E-state index contributed by atoms with van der Waals surface area (Å²) in [7, 11) is 0. The first-order valence-electron chi connectivity index (χ1n) is 5.47. The van der Waals surface area contributed by atoms with Gasteiger partial charge in [-0.05, 0) is 12.5 Å². The van der Waals surface area contributed by atoms with Gasteiger partial charge in [-0.1, -0.05) is 19.1 Å². The van der Waals surface area contributed by atoms with Gasteiger partial charge in [0.2, 0.25) is 0 Å². The minimum atomic E-state index is -1.01. The van der Waals surface area contributed by atoms with Crippen LogP contribution in [0.1, 0.15) is 23.7 Å². The number of benzene rings is 1. The van der Waals surface area contributed by atoms with Crippen molar-refractivity contribution in [1.29, 1.82) is 0 Å². The molecule has 5 heteroatoms. The van der Waals surface area contributed by atoms with E-state index in [1.807, 2.05) is 6.92 Å². The summed E-state index contributed by atoms with van der Waals surface area (Å²) < 4.78 is 26.7. The number of Topliss-reactive ketones (excluding diaryl/α,β-unsaturated/α-hetero) is 1. The molecule has 0 radical (unpaired) electrons. The summed E-state index contributed by atoms with van der Waals surface area (Å²) in [6, 6.07) is 1.59. The predicted molar refractivity (Wildman–Crippen MR) is 62.5 cm³/mol. The lowest BCUT2D eigenvalue weighted by atomic mass is 10.1. The summed E-state index contributed by atoms with van der Waals surface area (Å²) in [5.74, 6) is -3.61. The Morgan fingerprint density at radius 1 is 1.33 bits per heavy atom. The Labute approximate surface area is 103 Å². The van der Waals surface area contributed by atoms with Crippen molar-refractivity contribution in [1.82, 2.24) is 0 Å². The minimum absolute atomic E-state index is 0.0166. The zero-order valence-electron chi connectivity index (χ0n) is 9.80. The van der Waals surface area contributed by atoms with E-state index in [0.717, 1.165) is 11.0 Å². The van der Waals surface area contributed by atoms with E-state index in [1.165, 1.54) is 0 Å². The number of fused-ring (bicyclic) bond motifs is 1. The molecule has 94 valence electrons. The number of hydrogen-bond acceptors (Lipinski definition) is 2. The Hall–Kier alpha value is -2.04. The van der Waals surface area contributed by atoms with Crippen LogP contribution in [0.4, 0.5) is 14.5 Å². The maximum Gasteiger partial charge on any atom is 0.299 e. The molecule has 18 heavy (non-hydrogen) atoms. The van der Waals surface area contributed by atoms with Crippen molar-refractivity contribution in [2.45, 2.75) is 13.3 Å². The maximum absolute atomic E-state index is 13.5. The van der Waals surface area contributed by atoms with E-state index in [0.29, 0.717) is 18.1 Å². The molecule has 0 unspecified atom stereocenters. The summed E-state index contributed by atoms with van der Waals surface area (Å²) in [5, 5.41) is 0. The van der Waals surface area contributed by atoms with Crippen molar-refractivity contribution in [3.8, 4) is 0 Å². The highest BCUT2D eigenvalue weighted by Crippen LogP contribution is 2.32. The van der Waals surface area contributed by atoms with Crippen LogP contribution in [-0.2, 0) is 4.79 Å². The molecule has 1 heterocycles. The fourth-order valence-corrected chi connectivity index (χ4v) is 1.83. The van der Waals surface area contributed by atoms with E-state index in [1.54, 1.807) is 0 Å². The molecular weight excluding hydrogens is 240 g/mol. The van der Waals surface area contributed by atoms with Gasteiger partial charge < -0.3 is 4.90 Å². The van der Waals surface area contributed by atoms with E-state index >= 15 is 0 Å². The van der Waals surface area contributed by atoms with Gasteiger partial charge in [-0.15, -0.1) is 0 Å². The monoisotopic (exact) mass is 251 g/mol. The molecule has 2 rings (SSSR count). The number of hydrogen-bond donors (Lipinski definition) is 0. The second-order valence-electron chi connectivity index (χ2n) is 4.11. The fourth-order valence-electron chi connectivity index (χ4n) is 1.83. The topological polar surface area (TPSA) is 37.4 Å². The normalized spacial score (nSPS) is 14.1. The van der Waals surface area contributed by atoms with Crippen LogP contribution in [0.3, 0.4) is 0 Å². The SMILES string of the molecule is C=C(CC)CN1C(=O)C(=O)c2c(F)cc(F)cc21. The molecule has 0 fully saturated rings. The Bertz CT molecular complexity index is 566. The molecule has 1 aliphatic heterocycles. The summed E-state index contributed by atoms with van der Waals surface area (Å²) >= 11 is 0. The third-order valence-electron chi connectivity index (χ3n) is 2.87. The highest BCUT2D eigenvalue weighted by Gasteiger charge is 2.38. The molecule has 0 atom stereocenters. The van der Waals surface area contributed by atoms with Gasteiger partial charge in [-0.25, -0.2) is 8.78 Å². The standard InChI is InChI=1S/C13H11F2NO2/c1-3-7(2)6-16-10-5-8(14)4-9(15)11(10)12(17)13(16)18/h4-5H,2-3,6H2,1H3. The molecule has 0 saturated carbocycles. The smallest absolute Gasteiger partial charge is 0.299 e. The third-order valence-corrected chi connectivity index (χ3v) is 2.87.